The summed E-state index contributed by atoms with van der Waals surface area (Å²) in [5, 5.41) is 17.7. The number of carbonyl (C=O) groups excluding carboxylic acids is 1. The maximum atomic E-state index is 12.5. The Hall–Kier alpha value is -3.14. The molecular weight excluding hydrogens is 342 g/mol. The molecule has 25 heavy (non-hydrogen) atoms. The van der Waals surface area contributed by atoms with Crippen molar-refractivity contribution < 1.29 is 4.79 Å². The van der Waals surface area contributed by atoms with Crippen molar-refractivity contribution in [2.45, 2.75) is 13.0 Å². The highest BCUT2D eigenvalue weighted by Gasteiger charge is 2.11. The molecule has 4 aromatic heterocycles. The molecule has 1 N–H and O–H groups in total. The van der Waals surface area contributed by atoms with Gasteiger partial charge in [0.25, 0.3) is 5.56 Å². The zero-order valence-corrected chi connectivity index (χ0v) is 13.8. The van der Waals surface area contributed by atoms with Gasteiger partial charge in [-0.25, -0.2) is 9.50 Å². The average molecular weight is 355 g/mol. The van der Waals surface area contributed by atoms with Crippen LogP contribution in [0.4, 0.5) is 0 Å². The normalized spacial score (nSPS) is 11.2. The first kappa shape index (κ1) is 15.4. The summed E-state index contributed by atoms with van der Waals surface area (Å²) in [5.74, 6) is -0.244. The summed E-state index contributed by atoms with van der Waals surface area (Å²) in [5.41, 5.74) is 0.914. The SMILES string of the molecule is O=C(Cn1ccc2c(nnc3ccnn32)c1=O)NCCc1nccs1. The van der Waals surface area contributed by atoms with Gasteiger partial charge in [-0.1, -0.05) is 0 Å². The number of rotatable bonds is 5. The van der Waals surface area contributed by atoms with Gasteiger partial charge in [-0.15, -0.1) is 21.5 Å². The number of carbonyl (C=O) groups is 1. The number of hydrogen-bond donors (Lipinski definition) is 1. The molecule has 0 spiro atoms. The van der Waals surface area contributed by atoms with Gasteiger partial charge in [-0.3, -0.25) is 9.59 Å². The first-order chi connectivity index (χ1) is 12.2. The van der Waals surface area contributed by atoms with E-state index in [0.717, 1.165) is 5.01 Å². The van der Waals surface area contributed by atoms with Gasteiger partial charge in [0, 0.05) is 36.8 Å². The van der Waals surface area contributed by atoms with Crippen LogP contribution in [0.15, 0.2) is 40.9 Å². The van der Waals surface area contributed by atoms with Crippen LogP contribution in [0.2, 0.25) is 0 Å². The Bertz CT molecular complexity index is 1100. The highest BCUT2D eigenvalue weighted by molar-refractivity contribution is 7.09. The van der Waals surface area contributed by atoms with Gasteiger partial charge >= 0.3 is 0 Å². The van der Waals surface area contributed by atoms with Gasteiger partial charge in [0.2, 0.25) is 5.91 Å². The van der Waals surface area contributed by atoms with E-state index >= 15 is 0 Å². The molecule has 1 amide bonds. The minimum Gasteiger partial charge on any atom is -0.354 e. The van der Waals surface area contributed by atoms with E-state index in [-0.39, 0.29) is 23.5 Å². The standard InChI is InChI=1S/C15H13N7O2S/c23-12(16-4-2-13-17-6-8-25-13)9-21-7-3-10-14(15(21)24)20-19-11-1-5-18-22(10)11/h1,3,5-8H,2,4,9H2,(H,16,23). The summed E-state index contributed by atoms with van der Waals surface area (Å²) in [6.45, 7) is 0.397. The molecule has 126 valence electrons. The molecule has 0 aliphatic heterocycles. The summed E-state index contributed by atoms with van der Waals surface area (Å²) >= 11 is 1.54. The van der Waals surface area contributed by atoms with E-state index < -0.39 is 0 Å². The molecule has 4 aromatic rings. The van der Waals surface area contributed by atoms with Crippen LogP contribution >= 0.6 is 11.3 Å². The van der Waals surface area contributed by atoms with Crippen molar-refractivity contribution in [3.63, 3.8) is 0 Å². The van der Waals surface area contributed by atoms with Gasteiger partial charge in [0.1, 0.15) is 12.1 Å². The Morgan fingerprint density at radius 3 is 3.00 bits per heavy atom. The Morgan fingerprint density at radius 2 is 2.16 bits per heavy atom. The van der Waals surface area contributed by atoms with Crippen LogP contribution in [-0.4, -0.2) is 41.8 Å². The third-order valence-corrected chi connectivity index (χ3v) is 4.52. The predicted octanol–water partition coefficient (Wildman–Crippen LogP) is 0.255. The van der Waals surface area contributed by atoms with E-state index in [4.69, 9.17) is 0 Å². The lowest BCUT2D eigenvalue weighted by Gasteiger charge is -2.08. The molecule has 0 fully saturated rings. The molecule has 0 saturated heterocycles. The van der Waals surface area contributed by atoms with E-state index in [1.54, 1.807) is 46.6 Å². The highest BCUT2D eigenvalue weighted by Crippen LogP contribution is 2.08. The predicted molar refractivity (Wildman–Crippen MR) is 91.4 cm³/mol. The van der Waals surface area contributed by atoms with Crippen molar-refractivity contribution in [2.24, 2.45) is 0 Å². The smallest absolute Gasteiger partial charge is 0.281 e. The second-order valence-corrected chi connectivity index (χ2v) is 6.29. The molecule has 0 radical (unpaired) electrons. The number of pyridine rings is 1. The maximum Gasteiger partial charge on any atom is 0.281 e. The average Bonchev–Trinajstić information content (AvgIpc) is 3.28. The Balaban J connectivity index is 1.51. The van der Waals surface area contributed by atoms with Crippen LogP contribution in [0.1, 0.15) is 5.01 Å². The summed E-state index contributed by atoms with van der Waals surface area (Å²) in [6, 6.07) is 3.40. The van der Waals surface area contributed by atoms with Crippen molar-refractivity contribution in [3.05, 3.63) is 51.5 Å². The van der Waals surface area contributed by atoms with Crippen LogP contribution in [-0.2, 0) is 17.8 Å². The van der Waals surface area contributed by atoms with E-state index in [2.05, 4.69) is 25.6 Å². The van der Waals surface area contributed by atoms with Gasteiger partial charge in [0.15, 0.2) is 11.2 Å². The van der Waals surface area contributed by atoms with Crippen molar-refractivity contribution >= 4 is 33.9 Å². The third kappa shape index (κ3) is 2.98. The number of nitrogens with one attached hydrogen (secondary N) is 1. The molecule has 4 heterocycles. The largest absolute Gasteiger partial charge is 0.354 e. The molecule has 0 bridgehead atoms. The Kier molecular flexibility index (Phi) is 3.94. The van der Waals surface area contributed by atoms with Crippen LogP contribution in [0.25, 0.3) is 16.7 Å². The minimum absolute atomic E-state index is 0.0779. The molecule has 0 aliphatic rings. The molecule has 0 aromatic carbocycles. The van der Waals surface area contributed by atoms with E-state index in [1.165, 1.54) is 4.57 Å². The lowest BCUT2D eigenvalue weighted by molar-refractivity contribution is -0.121. The van der Waals surface area contributed by atoms with E-state index in [0.29, 0.717) is 24.1 Å². The molecule has 9 nitrogen and oxygen atoms in total. The van der Waals surface area contributed by atoms with E-state index in [1.807, 2.05) is 5.38 Å². The topological polar surface area (TPSA) is 107 Å². The van der Waals surface area contributed by atoms with Gasteiger partial charge < -0.3 is 9.88 Å². The lowest BCUT2D eigenvalue weighted by atomic mass is 10.3. The summed E-state index contributed by atoms with van der Waals surface area (Å²) in [4.78, 5) is 28.7. The molecule has 10 heteroatoms. The second-order valence-electron chi connectivity index (χ2n) is 5.31. The fourth-order valence-electron chi connectivity index (χ4n) is 2.50. The molecule has 0 saturated carbocycles. The quantitative estimate of drug-likeness (QED) is 0.550. The van der Waals surface area contributed by atoms with Gasteiger partial charge in [-0.2, -0.15) is 5.10 Å². The summed E-state index contributed by atoms with van der Waals surface area (Å²) in [6.07, 6.45) is 5.55. The minimum atomic E-state index is -0.377. The van der Waals surface area contributed by atoms with Crippen molar-refractivity contribution in [3.8, 4) is 0 Å². The van der Waals surface area contributed by atoms with Crippen LogP contribution in [0.3, 0.4) is 0 Å². The van der Waals surface area contributed by atoms with Gasteiger partial charge in [0.05, 0.1) is 11.2 Å². The fraction of sp³-hybridized carbons (Fsp3) is 0.200. The maximum absolute atomic E-state index is 12.5. The monoisotopic (exact) mass is 355 g/mol. The lowest BCUT2D eigenvalue weighted by Crippen LogP contribution is -2.33. The Labute approximate surface area is 145 Å². The van der Waals surface area contributed by atoms with Crippen LogP contribution in [0.5, 0.6) is 0 Å². The van der Waals surface area contributed by atoms with Crippen molar-refractivity contribution in [1.29, 1.82) is 0 Å². The number of thiazole rings is 1. The number of nitrogens with zero attached hydrogens (tertiary/aromatic N) is 6. The zero-order chi connectivity index (χ0) is 17.2. The first-order valence-corrected chi connectivity index (χ1v) is 8.45. The number of aromatic nitrogens is 6. The first-order valence-electron chi connectivity index (χ1n) is 7.57. The van der Waals surface area contributed by atoms with Crippen LogP contribution < -0.4 is 10.9 Å². The Morgan fingerprint density at radius 1 is 1.24 bits per heavy atom. The molecule has 0 aliphatic carbocycles. The zero-order valence-electron chi connectivity index (χ0n) is 13.0. The summed E-state index contributed by atoms with van der Waals surface area (Å²) < 4.78 is 2.85. The number of amides is 1. The number of fused-ring (bicyclic) bond motifs is 3. The van der Waals surface area contributed by atoms with E-state index in [9.17, 15) is 9.59 Å². The van der Waals surface area contributed by atoms with Crippen molar-refractivity contribution in [2.75, 3.05) is 6.54 Å². The van der Waals surface area contributed by atoms with Crippen LogP contribution in [0, 0.1) is 0 Å². The molecule has 4 rings (SSSR count). The number of hydrogen-bond acceptors (Lipinski definition) is 7. The van der Waals surface area contributed by atoms with Gasteiger partial charge in [-0.05, 0) is 6.07 Å². The third-order valence-electron chi connectivity index (χ3n) is 3.68. The molecule has 0 atom stereocenters. The highest BCUT2D eigenvalue weighted by atomic mass is 32.1. The fourth-order valence-corrected chi connectivity index (χ4v) is 3.12. The second kappa shape index (κ2) is 6.40. The summed E-state index contributed by atoms with van der Waals surface area (Å²) in [7, 11) is 0. The van der Waals surface area contributed by atoms with Crippen molar-refractivity contribution in [1.82, 2.24) is 34.7 Å². The molecule has 0 unspecified atom stereocenters. The molecular formula is C15H13N7O2S.